The number of nitrogens with one attached hydrogen (secondary N) is 1. The molecule has 94 valence electrons. The van der Waals surface area contributed by atoms with Crippen molar-refractivity contribution >= 4 is 5.95 Å². The summed E-state index contributed by atoms with van der Waals surface area (Å²) in [5.74, 6) is 1.37. The zero-order valence-electron chi connectivity index (χ0n) is 10.7. The van der Waals surface area contributed by atoms with Gasteiger partial charge in [-0.15, -0.1) is 0 Å². The van der Waals surface area contributed by atoms with Crippen molar-refractivity contribution in [3.63, 3.8) is 0 Å². The Morgan fingerprint density at radius 3 is 2.71 bits per heavy atom. The number of aromatic nitrogens is 2. The Hall–Kier alpha value is -1.36. The number of ether oxygens (including phenoxy) is 1. The van der Waals surface area contributed by atoms with E-state index in [1.54, 1.807) is 19.5 Å². The molecule has 1 N–H and O–H groups in total. The van der Waals surface area contributed by atoms with Crippen LogP contribution in [-0.2, 0) is 0 Å². The predicted octanol–water partition coefficient (Wildman–Crippen LogP) is 1.38. The minimum Gasteiger partial charge on any atom is -0.494 e. The van der Waals surface area contributed by atoms with Gasteiger partial charge >= 0.3 is 0 Å². The molecule has 0 amide bonds. The fourth-order valence-electron chi connectivity index (χ4n) is 2.10. The van der Waals surface area contributed by atoms with Gasteiger partial charge < -0.3 is 15.0 Å². The third kappa shape index (κ3) is 3.06. The first kappa shape index (κ1) is 12.1. The van der Waals surface area contributed by atoms with Crippen molar-refractivity contribution in [1.82, 2.24) is 14.9 Å². The second-order valence-electron chi connectivity index (χ2n) is 4.64. The lowest BCUT2D eigenvalue weighted by molar-refractivity contribution is 0.190. The van der Waals surface area contributed by atoms with Crippen molar-refractivity contribution in [2.75, 3.05) is 26.0 Å². The van der Waals surface area contributed by atoms with Crippen LogP contribution in [0.1, 0.15) is 19.8 Å². The average molecular weight is 236 g/mol. The summed E-state index contributed by atoms with van der Waals surface area (Å²) in [5, 5.41) is 3.38. The summed E-state index contributed by atoms with van der Waals surface area (Å²) in [4.78, 5) is 10.8. The van der Waals surface area contributed by atoms with Crippen molar-refractivity contribution in [2.24, 2.45) is 0 Å². The maximum atomic E-state index is 5.03. The third-order valence-corrected chi connectivity index (χ3v) is 3.41. The minimum atomic E-state index is 0.467. The van der Waals surface area contributed by atoms with E-state index < -0.39 is 0 Å². The van der Waals surface area contributed by atoms with E-state index >= 15 is 0 Å². The summed E-state index contributed by atoms with van der Waals surface area (Å²) in [6.45, 7) is 3.37. The Bertz CT molecular complexity index is 354. The molecule has 0 bridgehead atoms. The van der Waals surface area contributed by atoms with Gasteiger partial charge in [0.25, 0.3) is 0 Å². The first-order valence-corrected chi connectivity index (χ1v) is 6.02. The number of rotatable bonds is 3. The highest BCUT2D eigenvalue weighted by atomic mass is 16.5. The van der Waals surface area contributed by atoms with Crippen LogP contribution in [0, 0.1) is 0 Å². The zero-order valence-corrected chi connectivity index (χ0v) is 10.7. The van der Waals surface area contributed by atoms with Gasteiger partial charge in [0.1, 0.15) is 0 Å². The summed E-state index contributed by atoms with van der Waals surface area (Å²) in [5.41, 5.74) is 0. The molecule has 0 spiro atoms. The van der Waals surface area contributed by atoms with Gasteiger partial charge in [-0.25, -0.2) is 9.97 Å². The van der Waals surface area contributed by atoms with Crippen LogP contribution < -0.4 is 10.1 Å². The number of likely N-dealkylation sites (tertiary alicyclic amines) is 1. The van der Waals surface area contributed by atoms with Crippen LogP contribution in [0.2, 0.25) is 0 Å². The third-order valence-electron chi connectivity index (χ3n) is 3.41. The molecule has 1 saturated heterocycles. The lowest BCUT2D eigenvalue weighted by atomic mass is 9.99. The topological polar surface area (TPSA) is 50.3 Å². The normalized spacial score (nSPS) is 25.6. The van der Waals surface area contributed by atoms with E-state index in [2.05, 4.69) is 34.2 Å². The number of hydrogen-bond donors (Lipinski definition) is 1. The van der Waals surface area contributed by atoms with Crippen LogP contribution in [0.15, 0.2) is 12.4 Å². The number of piperidine rings is 1. The van der Waals surface area contributed by atoms with Gasteiger partial charge in [0.2, 0.25) is 5.95 Å². The summed E-state index contributed by atoms with van der Waals surface area (Å²) in [6, 6.07) is 1.08. The molecule has 5 nitrogen and oxygen atoms in total. The SMILES string of the molecule is COc1cnc(NC2CCN(C)C(C)C2)nc1. The fourth-order valence-corrected chi connectivity index (χ4v) is 2.10. The maximum absolute atomic E-state index is 5.03. The second kappa shape index (κ2) is 5.31. The standard InChI is InChI=1S/C12H20N4O/c1-9-6-10(4-5-16(9)2)15-12-13-7-11(17-3)8-14-12/h7-10H,4-6H2,1-3H3,(H,13,14,15). The lowest BCUT2D eigenvalue weighted by Gasteiger charge is -2.35. The zero-order chi connectivity index (χ0) is 12.3. The molecule has 5 heteroatoms. The van der Waals surface area contributed by atoms with Crippen LogP contribution in [0.3, 0.4) is 0 Å². The number of anilines is 1. The molecule has 2 rings (SSSR count). The predicted molar refractivity (Wildman–Crippen MR) is 67.3 cm³/mol. The molecule has 0 aromatic carbocycles. The smallest absolute Gasteiger partial charge is 0.223 e. The van der Waals surface area contributed by atoms with Crippen LogP contribution in [0.4, 0.5) is 5.95 Å². The van der Waals surface area contributed by atoms with Gasteiger partial charge in [-0.05, 0) is 26.8 Å². The fraction of sp³-hybridized carbons (Fsp3) is 0.667. The van der Waals surface area contributed by atoms with Gasteiger partial charge in [0.15, 0.2) is 5.75 Å². The summed E-state index contributed by atoms with van der Waals surface area (Å²) < 4.78 is 5.03. The molecular weight excluding hydrogens is 216 g/mol. The monoisotopic (exact) mass is 236 g/mol. The summed E-state index contributed by atoms with van der Waals surface area (Å²) >= 11 is 0. The van der Waals surface area contributed by atoms with Crippen molar-refractivity contribution in [3.05, 3.63) is 12.4 Å². The van der Waals surface area contributed by atoms with Gasteiger partial charge in [0.05, 0.1) is 19.5 Å². The van der Waals surface area contributed by atoms with Crippen LogP contribution in [-0.4, -0.2) is 47.7 Å². The molecule has 2 atom stereocenters. The summed E-state index contributed by atoms with van der Waals surface area (Å²) in [7, 11) is 3.79. The Morgan fingerprint density at radius 2 is 2.12 bits per heavy atom. The largest absolute Gasteiger partial charge is 0.494 e. The van der Waals surface area contributed by atoms with Gasteiger partial charge in [0, 0.05) is 18.6 Å². The second-order valence-corrected chi connectivity index (χ2v) is 4.64. The number of hydrogen-bond acceptors (Lipinski definition) is 5. The Labute approximate surface area is 102 Å². The first-order chi connectivity index (χ1) is 8.19. The van der Waals surface area contributed by atoms with E-state index in [1.807, 2.05) is 0 Å². The Morgan fingerprint density at radius 1 is 1.41 bits per heavy atom. The van der Waals surface area contributed by atoms with Crippen molar-refractivity contribution < 1.29 is 4.74 Å². The van der Waals surface area contributed by atoms with E-state index in [9.17, 15) is 0 Å². The number of nitrogens with zero attached hydrogens (tertiary/aromatic N) is 3. The molecule has 2 unspecified atom stereocenters. The van der Waals surface area contributed by atoms with E-state index in [4.69, 9.17) is 4.74 Å². The molecule has 1 aliphatic heterocycles. The highest BCUT2D eigenvalue weighted by Crippen LogP contribution is 2.18. The molecule has 1 aromatic rings. The highest BCUT2D eigenvalue weighted by molar-refractivity contribution is 5.28. The molecular formula is C12H20N4O. The molecule has 1 aliphatic rings. The van der Waals surface area contributed by atoms with Gasteiger partial charge in [-0.1, -0.05) is 0 Å². The van der Waals surface area contributed by atoms with E-state index in [0.717, 1.165) is 19.4 Å². The Balaban J connectivity index is 1.92. The highest BCUT2D eigenvalue weighted by Gasteiger charge is 2.22. The van der Waals surface area contributed by atoms with Crippen LogP contribution in [0.25, 0.3) is 0 Å². The molecule has 0 saturated carbocycles. The molecule has 0 aliphatic carbocycles. The van der Waals surface area contributed by atoms with Gasteiger partial charge in [-0.2, -0.15) is 0 Å². The maximum Gasteiger partial charge on any atom is 0.223 e. The van der Waals surface area contributed by atoms with E-state index in [0.29, 0.717) is 23.8 Å². The van der Waals surface area contributed by atoms with E-state index in [-0.39, 0.29) is 0 Å². The summed E-state index contributed by atoms with van der Waals surface area (Å²) in [6.07, 6.45) is 5.64. The molecule has 17 heavy (non-hydrogen) atoms. The quantitative estimate of drug-likeness (QED) is 0.859. The molecule has 1 fully saturated rings. The molecule has 2 heterocycles. The van der Waals surface area contributed by atoms with Crippen molar-refractivity contribution in [3.8, 4) is 5.75 Å². The molecule has 1 aromatic heterocycles. The average Bonchev–Trinajstić information content (AvgIpc) is 2.35. The van der Waals surface area contributed by atoms with Crippen LogP contribution >= 0.6 is 0 Å². The van der Waals surface area contributed by atoms with Crippen molar-refractivity contribution in [1.29, 1.82) is 0 Å². The molecule has 0 radical (unpaired) electrons. The van der Waals surface area contributed by atoms with Crippen LogP contribution in [0.5, 0.6) is 5.75 Å². The lowest BCUT2D eigenvalue weighted by Crippen LogP contribution is -2.42. The van der Waals surface area contributed by atoms with E-state index in [1.165, 1.54) is 0 Å². The Kier molecular flexibility index (Phi) is 3.78. The number of methoxy groups -OCH3 is 1. The van der Waals surface area contributed by atoms with Gasteiger partial charge in [-0.3, -0.25) is 0 Å². The minimum absolute atomic E-state index is 0.467. The van der Waals surface area contributed by atoms with Crippen molar-refractivity contribution in [2.45, 2.75) is 31.8 Å². The first-order valence-electron chi connectivity index (χ1n) is 6.02.